The van der Waals surface area contributed by atoms with Crippen LogP contribution in [0.3, 0.4) is 0 Å². The highest BCUT2D eigenvalue weighted by Gasteiger charge is 2.15. The maximum atomic E-state index is 12.6. The molecule has 2 amide bonds. The Morgan fingerprint density at radius 3 is 1.96 bits per heavy atom. The smallest absolute Gasteiger partial charge is 0.226 e. The summed E-state index contributed by atoms with van der Waals surface area (Å²) in [5, 5.41) is 3.07. The molecule has 0 aliphatic heterocycles. The number of carbonyl (C=O) groups excluding carboxylic acids is 2. The van der Waals surface area contributed by atoms with Crippen molar-refractivity contribution in [3.05, 3.63) is 59.2 Å². The fourth-order valence-corrected chi connectivity index (χ4v) is 3.20. The molecule has 0 saturated carbocycles. The number of benzene rings is 2. The molecule has 1 N–H and O–H groups in total. The molecule has 2 aromatic rings. The van der Waals surface area contributed by atoms with Crippen LogP contribution in [0, 0.1) is 0 Å². The Labute approximate surface area is 162 Å². The van der Waals surface area contributed by atoms with Crippen LogP contribution in [0.1, 0.15) is 50.8 Å². The Balaban J connectivity index is 2.07. The third-order valence-corrected chi connectivity index (χ3v) is 4.86. The summed E-state index contributed by atoms with van der Waals surface area (Å²) in [5.74, 6) is -0.128. The number of amides is 2. The van der Waals surface area contributed by atoms with Crippen molar-refractivity contribution in [3.63, 3.8) is 0 Å². The first-order valence-electron chi connectivity index (χ1n) is 9.77. The normalized spacial score (nSPS) is 10.5. The van der Waals surface area contributed by atoms with Gasteiger partial charge in [-0.25, -0.2) is 0 Å². The number of anilines is 2. The summed E-state index contributed by atoms with van der Waals surface area (Å²) in [5.41, 5.74) is 5.26. The average Bonchev–Trinajstić information content (AvgIpc) is 2.68. The first-order valence-corrected chi connectivity index (χ1v) is 9.77. The maximum Gasteiger partial charge on any atom is 0.226 e. The van der Waals surface area contributed by atoms with Gasteiger partial charge in [0.05, 0.1) is 0 Å². The molecule has 144 valence electrons. The number of hydrogen-bond donors (Lipinski definition) is 1. The summed E-state index contributed by atoms with van der Waals surface area (Å²) < 4.78 is 0. The van der Waals surface area contributed by atoms with E-state index in [1.165, 1.54) is 12.5 Å². The molecule has 0 atom stereocenters. The third-order valence-electron chi connectivity index (χ3n) is 4.86. The minimum Gasteiger partial charge on any atom is -0.326 e. The molecule has 0 aliphatic carbocycles. The Hall–Kier alpha value is -2.62. The largest absolute Gasteiger partial charge is 0.326 e. The minimum absolute atomic E-state index is 0.0599. The molecule has 0 radical (unpaired) electrons. The molecular formula is C23H30N2O2. The van der Waals surface area contributed by atoms with Crippen LogP contribution in [-0.4, -0.2) is 18.4 Å². The van der Waals surface area contributed by atoms with E-state index in [0.29, 0.717) is 6.54 Å². The van der Waals surface area contributed by atoms with Gasteiger partial charge in [0.25, 0.3) is 0 Å². The number of nitrogens with one attached hydrogen (secondary N) is 1. The van der Waals surface area contributed by atoms with Gasteiger partial charge in [0.1, 0.15) is 0 Å². The molecule has 2 aromatic carbocycles. The van der Waals surface area contributed by atoms with Gasteiger partial charge in [-0.05, 0) is 48.1 Å². The Bertz CT molecular complexity index is 759. The Morgan fingerprint density at radius 2 is 1.48 bits per heavy atom. The number of hydrogen-bond acceptors (Lipinski definition) is 2. The molecule has 0 saturated heterocycles. The lowest BCUT2D eigenvalue weighted by Crippen LogP contribution is -2.32. The molecule has 27 heavy (non-hydrogen) atoms. The third kappa shape index (κ3) is 5.43. The molecule has 0 heterocycles. The van der Waals surface area contributed by atoms with Gasteiger partial charge in [0.15, 0.2) is 0 Å². The molecule has 0 aromatic heterocycles. The summed E-state index contributed by atoms with van der Waals surface area (Å²) in [6, 6.07) is 14.1. The van der Waals surface area contributed by atoms with Crippen LogP contribution in [-0.2, 0) is 28.9 Å². The zero-order valence-electron chi connectivity index (χ0n) is 16.8. The molecule has 0 aliphatic rings. The topological polar surface area (TPSA) is 49.4 Å². The van der Waals surface area contributed by atoms with Crippen molar-refractivity contribution in [1.82, 2.24) is 0 Å². The van der Waals surface area contributed by atoms with E-state index in [9.17, 15) is 9.59 Å². The highest BCUT2D eigenvalue weighted by atomic mass is 16.2. The van der Waals surface area contributed by atoms with Gasteiger partial charge in [-0.1, -0.05) is 51.1 Å². The van der Waals surface area contributed by atoms with E-state index in [0.717, 1.165) is 41.8 Å². The van der Waals surface area contributed by atoms with E-state index in [-0.39, 0.29) is 18.2 Å². The molecule has 4 heteroatoms. The van der Waals surface area contributed by atoms with Crippen molar-refractivity contribution in [2.45, 2.75) is 53.4 Å². The van der Waals surface area contributed by atoms with Crippen LogP contribution >= 0.6 is 0 Å². The number of rotatable bonds is 8. The minimum atomic E-state index is -0.0676. The second kappa shape index (κ2) is 9.91. The van der Waals surface area contributed by atoms with Crippen LogP contribution in [0.4, 0.5) is 11.4 Å². The van der Waals surface area contributed by atoms with E-state index >= 15 is 0 Å². The van der Waals surface area contributed by atoms with Gasteiger partial charge >= 0.3 is 0 Å². The van der Waals surface area contributed by atoms with Crippen LogP contribution in [0.15, 0.2) is 42.5 Å². The first-order chi connectivity index (χ1) is 13.0. The van der Waals surface area contributed by atoms with Crippen molar-refractivity contribution < 1.29 is 9.59 Å². The van der Waals surface area contributed by atoms with Gasteiger partial charge in [0.2, 0.25) is 11.8 Å². The van der Waals surface area contributed by atoms with E-state index in [1.807, 2.05) is 42.5 Å². The van der Waals surface area contributed by atoms with Gasteiger partial charge < -0.3 is 10.2 Å². The number of carbonyl (C=O) groups is 2. The van der Waals surface area contributed by atoms with E-state index in [2.05, 4.69) is 26.1 Å². The Morgan fingerprint density at radius 1 is 0.889 bits per heavy atom. The number of nitrogens with zero attached hydrogens (tertiary/aromatic N) is 1. The quantitative estimate of drug-likeness (QED) is 0.732. The summed E-state index contributed by atoms with van der Waals surface area (Å²) in [6.45, 7) is 8.17. The Kier molecular flexibility index (Phi) is 7.59. The van der Waals surface area contributed by atoms with Crippen LogP contribution in [0.5, 0.6) is 0 Å². The van der Waals surface area contributed by atoms with Gasteiger partial charge in [-0.2, -0.15) is 0 Å². The van der Waals surface area contributed by atoms with Crippen molar-refractivity contribution in [2.24, 2.45) is 0 Å². The van der Waals surface area contributed by atoms with Crippen molar-refractivity contribution in [1.29, 1.82) is 0 Å². The van der Waals surface area contributed by atoms with Gasteiger partial charge in [0, 0.05) is 31.3 Å². The lowest BCUT2D eigenvalue weighted by Gasteiger charge is -2.22. The summed E-state index contributed by atoms with van der Waals surface area (Å²) in [4.78, 5) is 26.3. The molecule has 2 rings (SSSR count). The van der Waals surface area contributed by atoms with Crippen LogP contribution in [0.25, 0.3) is 0 Å². The lowest BCUT2D eigenvalue weighted by molar-refractivity contribution is -0.117. The van der Waals surface area contributed by atoms with Crippen molar-refractivity contribution in [2.75, 3.05) is 16.8 Å². The highest BCUT2D eigenvalue weighted by Crippen LogP contribution is 2.23. The van der Waals surface area contributed by atoms with Gasteiger partial charge in [-0.15, -0.1) is 0 Å². The maximum absolute atomic E-state index is 12.6. The first kappa shape index (κ1) is 20.7. The molecule has 0 bridgehead atoms. The van der Waals surface area contributed by atoms with E-state index in [4.69, 9.17) is 0 Å². The number of aryl methyl sites for hydroxylation is 3. The summed E-state index contributed by atoms with van der Waals surface area (Å²) in [7, 11) is 0. The molecule has 0 unspecified atom stereocenters. The predicted octanol–water partition coefficient (Wildman–Crippen LogP) is 4.76. The van der Waals surface area contributed by atoms with E-state index in [1.54, 1.807) is 4.90 Å². The zero-order valence-corrected chi connectivity index (χ0v) is 16.8. The fraction of sp³-hybridized carbons (Fsp3) is 0.391. The average molecular weight is 367 g/mol. The SMILES string of the molecule is CCc1ccc(N(CCC(=O)Nc2c(CC)cccc2CC)C(C)=O)cc1. The molecular weight excluding hydrogens is 336 g/mol. The van der Waals surface area contributed by atoms with Gasteiger partial charge in [-0.3, -0.25) is 9.59 Å². The van der Waals surface area contributed by atoms with Crippen molar-refractivity contribution in [3.8, 4) is 0 Å². The fourth-order valence-electron chi connectivity index (χ4n) is 3.20. The second-order valence-corrected chi connectivity index (χ2v) is 6.65. The van der Waals surface area contributed by atoms with Crippen LogP contribution < -0.4 is 10.2 Å². The standard InChI is InChI=1S/C23H30N2O2/c1-5-18-11-13-21(14-12-18)25(17(4)26)16-15-22(27)24-23-19(6-2)9-8-10-20(23)7-3/h8-14H,5-7,15-16H2,1-4H3,(H,24,27). The number of para-hydroxylation sites is 1. The van der Waals surface area contributed by atoms with Crippen LogP contribution in [0.2, 0.25) is 0 Å². The second-order valence-electron chi connectivity index (χ2n) is 6.65. The molecule has 4 nitrogen and oxygen atoms in total. The summed E-state index contributed by atoms with van der Waals surface area (Å²) in [6.07, 6.45) is 2.95. The molecule has 0 spiro atoms. The van der Waals surface area contributed by atoms with Crippen molar-refractivity contribution >= 4 is 23.2 Å². The lowest BCUT2D eigenvalue weighted by atomic mass is 10.0. The predicted molar refractivity (Wildman–Crippen MR) is 112 cm³/mol. The highest BCUT2D eigenvalue weighted by molar-refractivity contribution is 5.95. The summed E-state index contributed by atoms with van der Waals surface area (Å²) >= 11 is 0. The van der Waals surface area contributed by atoms with E-state index < -0.39 is 0 Å². The monoisotopic (exact) mass is 366 g/mol. The molecule has 0 fully saturated rings. The zero-order chi connectivity index (χ0) is 19.8.